The van der Waals surface area contributed by atoms with E-state index in [-0.39, 0.29) is 0 Å². The molecule has 0 saturated carbocycles. The molecule has 0 aliphatic heterocycles. The van der Waals surface area contributed by atoms with Crippen molar-refractivity contribution in [2.24, 2.45) is 0 Å². The lowest BCUT2D eigenvalue weighted by Gasteiger charge is -2.12. The summed E-state index contributed by atoms with van der Waals surface area (Å²) in [6, 6.07) is 0. The average Bonchev–Trinajstić information content (AvgIpc) is 2.96. The van der Waals surface area contributed by atoms with Crippen molar-refractivity contribution in [2.75, 3.05) is 0 Å². The van der Waals surface area contributed by atoms with Crippen LogP contribution < -0.4 is 0 Å². The number of aliphatic hydroxyl groups excluding tert-OH is 1. The number of nitrogens with zero attached hydrogens (tertiary/aromatic N) is 5. The highest BCUT2D eigenvalue weighted by atomic mass is 16.3. The van der Waals surface area contributed by atoms with Crippen molar-refractivity contribution in [3.8, 4) is 0 Å². The smallest absolute Gasteiger partial charge is 0.138 e. The third-order valence-electron chi connectivity index (χ3n) is 2.80. The Morgan fingerprint density at radius 1 is 1.35 bits per heavy atom. The highest BCUT2D eigenvalue weighted by Crippen LogP contribution is 2.16. The van der Waals surface area contributed by atoms with E-state index in [9.17, 15) is 5.11 Å². The van der Waals surface area contributed by atoms with Crippen molar-refractivity contribution < 1.29 is 5.11 Å². The minimum atomic E-state index is -0.591. The molecule has 0 aromatic carbocycles. The molecule has 1 N–H and O–H groups in total. The van der Waals surface area contributed by atoms with Crippen LogP contribution in [0.25, 0.3) is 0 Å². The van der Waals surface area contributed by atoms with Crippen molar-refractivity contribution in [1.29, 1.82) is 0 Å². The van der Waals surface area contributed by atoms with Crippen LogP contribution in [0.1, 0.15) is 31.5 Å². The number of aryl methyl sites for hydroxylation is 2. The summed E-state index contributed by atoms with van der Waals surface area (Å²) in [6.45, 7) is 5.58. The summed E-state index contributed by atoms with van der Waals surface area (Å²) >= 11 is 0. The summed E-state index contributed by atoms with van der Waals surface area (Å²) in [5.41, 5.74) is 0.818. The van der Waals surface area contributed by atoms with Gasteiger partial charge in [-0.1, -0.05) is 0 Å². The molecule has 2 aromatic heterocycles. The van der Waals surface area contributed by atoms with Gasteiger partial charge in [-0.25, -0.2) is 9.97 Å². The summed E-state index contributed by atoms with van der Waals surface area (Å²) in [6.07, 6.45) is 4.80. The molecule has 0 spiro atoms. The Bertz CT molecular complexity index is 476. The van der Waals surface area contributed by atoms with Gasteiger partial charge in [-0.15, -0.1) is 0 Å². The van der Waals surface area contributed by atoms with Crippen molar-refractivity contribution in [3.05, 3.63) is 30.4 Å². The molecule has 2 aromatic rings. The Hall–Kier alpha value is -1.69. The summed E-state index contributed by atoms with van der Waals surface area (Å²) in [4.78, 5) is 8.20. The molecule has 17 heavy (non-hydrogen) atoms. The van der Waals surface area contributed by atoms with Crippen molar-refractivity contribution in [3.63, 3.8) is 0 Å². The van der Waals surface area contributed by atoms with Crippen LogP contribution in [0.5, 0.6) is 0 Å². The Labute approximate surface area is 99.9 Å². The predicted octanol–water partition coefficient (Wildman–Crippen LogP) is 0.790. The zero-order valence-corrected chi connectivity index (χ0v) is 10.1. The van der Waals surface area contributed by atoms with Gasteiger partial charge in [0, 0.05) is 19.5 Å². The van der Waals surface area contributed by atoms with Gasteiger partial charge in [0.2, 0.25) is 0 Å². The lowest BCUT2D eigenvalue weighted by molar-refractivity contribution is 0.164. The van der Waals surface area contributed by atoms with E-state index >= 15 is 0 Å². The summed E-state index contributed by atoms with van der Waals surface area (Å²) in [7, 11) is 0. The minimum Gasteiger partial charge on any atom is -0.386 e. The van der Waals surface area contributed by atoms with E-state index < -0.39 is 6.10 Å². The Balaban J connectivity index is 2.14. The topological polar surface area (TPSA) is 68.8 Å². The molecular formula is C11H17N5O. The number of hydrogen-bond donors (Lipinski definition) is 1. The maximum atomic E-state index is 10.2. The fourth-order valence-electron chi connectivity index (χ4n) is 1.86. The Morgan fingerprint density at radius 3 is 2.88 bits per heavy atom. The normalized spacial score (nSPS) is 12.9. The molecule has 2 rings (SSSR count). The zero-order chi connectivity index (χ0) is 12.3. The first-order valence-corrected chi connectivity index (χ1v) is 5.81. The first-order valence-electron chi connectivity index (χ1n) is 5.81. The fourth-order valence-corrected chi connectivity index (χ4v) is 1.86. The molecule has 0 radical (unpaired) electrons. The molecule has 0 aliphatic carbocycles. The maximum absolute atomic E-state index is 10.2. The standard InChI is InChI=1S/C11H17N5O/c1-3-15-8-12-6-9(15)10(17)5-11-13-7-14-16(11)4-2/h6-8,10,17H,3-5H2,1-2H3. The number of hydrogen-bond acceptors (Lipinski definition) is 4. The second-order valence-corrected chi connectivity index (χ2v) is 3.82. The highest BCUT2D eigenvalue weighted by Gasteiger charge is 2.16. The molecule has 0 bridgehead atoms. The van der Waals surface area contributed by atoms with Gasteiger partial charge in [0.05, 0.1) is 18.2 Å². The molecule has 0 fully saturated rings. The molecule has 6 nitrogen and oxygen atoms in total. The van der Waals surface area contributed by atoms with Crippen LogP contribution in [-0.2, 0) is 19.5 Å². The van der Waals surface area contributed by atoms with Crippen LogP contribution >= 0.6 is 0 Å². The highest BCUT2D eigenvalue weighted by molar-refractivity contribution is 5.05. The fraction of sp³-hybridized carbons (Fsp3) is 0.545. The number of aromatic nitrogens is 5. The second-order valence-electron chi connectivity index (χ2n) is 3.82. The van der Waals surface area contributed by atoms with Crippen molar-refractivity contribution >= 4 is 0 Å². The van der Waals surface area contributed by atoms with Crippen LogP contribution in [0, 0.1) is 0 Å². The van der Waals surface area contributed by atoms with Gasteiger partial charge in [-0.3, -0.25) is 4.68 Å². The summed E-state index contributed by atoms with van der Waals surface area (Å²) in [5, 5.41) is 14.3. The van der Waals surface area contributed by atoms with Gasteiger partial charge >= 0.3 is 0 Å². The quantitative estimate of drug-likeness (QED) is 0.832. The molecule has 92 valence electrons. The Morgan fingerprint density at radius 2 is 2.18 bits per heavy atom. The lowest BCUT2D eigenvalue weighted by Crippen LogP contribution is -2.12. The third kappa shape index (κ3) is 2.36. The van der Waals surface area contributed by atoms with Crippen LogP contribution in [0.3, 0.4) is 0 Å². The largest absolute Gasteiger partial charge is 0.386 e. The maximum Gasteiger partial charge on any atom is 0.138 e. The SMILES string of the molecule is CCn1cncc1C(O)Cc1ncnn1CC. The van der Waals surface area contributed by atoms with E-state index in [1.165, 1.54) is 6.33 Å². The van der Waals surface area contributed by atoms with Crippen molar-refractivity contribution in [1.82, 2.24) is 24.3 Å². The zero-order valence-electron chi connectivity index (χ0n) is 10.1. The molecule has 1 unspecified atom stereocenters. The van der Waals surface area contributed by atoms with E-state index in [0.717, 1.165) is 24.6 Å². The van der Waals surface area contributed by atoms with Gasteiger partial charge < -0.3 is 9.67 Å². The number of imidazole rings is 1. The number of aliphatic hydroxyl groups is 1. The monoisotopic (exact) mass is 235 g/mol. The average molecular weight is 235 g/mol. The molecule has 1 atom stereocenters. The van der Waals surface area contributed by atoms with E-state index in [1.807, 2.05) is 18.4 Å². The third-order valence-corrected chi connectivity index (χ3v) is 2.80. The van der Waals surface area contributed by atoms with Crippen LogP contribution in [-0.4, -0.2) is 29.4 Å². The molecule has 6 heteroatoms. The summed E-state index contributed by atoms with van der Waals surface area (Å²) < 4.78 is 3.72. The summed E-state index contributed by atoms with van der Waals surface area (Å²) in [5.74, 6) is 0.795. The van der Waals surface area contributed by atoms with E-state index in [4.69, 9.17) is 0 Å². The second kappa shape index (κ2) is 5.09. The predicted molar refractivity (Wildman–Crippen MR) is 62.3 cm³/mol. The first kappa shape index (κ1) is 11.8. The van der Waals surface area contributed by atoms with Gasteiger partial charge in [-0.2, -0.15) is 5.10 Å². The van der Waals surface area contributed by atoms with Gasteiger partial charge in [0.1, 0.15) is 18.3 Å². The number of rotatable bonds is 5. The van der Waals surface area contributed by atoms with Crippen LogP contribution in [0.2, 0.25) is 0 Å². The molecule has 0 amide bonds. The van der Waals surface area contributed by atoms with Crippen LogP contribution in [0.15, 0.2) is 18.9 Å². The van der Waals surface area contributed by atoms with Crippen LogP contribution in [0.4, 0.5) is 0 Å². The van der Waals surface area contributed by atoms with E-state index in [2.05, 4.69) is 15.1 Å². The van der Waals surface area contributed by atoms with Gasteiger partial charge in [0.15, 0.2) is 0 Å². The van der Waals surface area contributed by atoms with Gasteiger partial charge in [0.25, 0.3) is 0 Å². The van der Waals surface area contributed by atoms with E-state index in [0.29, 0.717) is 6.42 Å². The lowest BCUT2D eigenvalue weighted by atomic mass is 10.2. The van der Waals surface area contributed by atoms with Crippen molar-refractivity contribution in [2.45, 2.75) is 39.5 Å². The van der Waals surface area contributed by atoms with Gasteiger partial charge in [-0.05, 0) is 13.8 Å². The van der Waals surface area contributed by atoms with E-state index in [1.54, 1.807) is 17.2 Å². The Kier molecular flexibility index (Phi) is 3.53. The minimum absolute atomic E-state index is 0.458. The molecule has 0 aliphatic rings. The molecule has 2 heterocycles. The molecular weight excluding hydrogens is 218 g/mol. The molecule has 0 saturated heterocycles. The first-order chi connectivity index (χ1) is 8.26.